The number of ether oxygens (including phenoxy) is 1. The largest absolute Gasteiger partial charge is 0.385 e. The van der Waals surface area contributed by atoms with E-state index in [2.05, 4.69) is 36.1 Å². The minimum atomic E-state index is 0.140. The fraction of sp³-hybridized carbons (Fsp3) is 0.750. The molecule has 2 N–H and O–H groups in total. The first kappa shape index (κ1) is 13.2. The number of hydrogen-bond donors (Lipinski definition) is 2. The quantitative estimate of drug-likeness (QED) is 0.727. The van der Waals surface area contributed by atoms with Crippen LogP contribution in [0.15, 0.2) is 6.20 Å². The van der Waals surface area contributed by atoms with Crippen LogP contribution in [0.5, 0.6) is 0 Å². The lowest BCUT2D eigenvalue weighted by atomic mass is 10.1. The number of nitrogens with one attached hydrogen (secondary N) is 2. The Balaban J connectivity index is 2.33. The number of aryl methyl sites for hydroxylation is 1. The van der Waals surface area contributed by atoms with Gasteiger partial charge >= 0.3 is 0 Å². The van der Waals surface area contributed by atoms with Crippen LogP contribution in [0.25, 0.3) is 0 Å². The summed E-state index contributed by atoms with van der Waals surface area (Å²) in [5.41, 5.74) is 1.28. The molecule has 0 saturated heterocycles. The minimum absolute atomic E-state index is 0.140. The molecule has 0 radical (unpaired) electrons. The van der Waals surface area contributed by atoms with E-state index in [-0.39, 0.29) is 5.54 Å². The van der Waals surface area contributed by atoms with Crippen LogP contribution >= 0.6 is 0 Å². The van der Waals surface area contributed by atoms with Crippen molar-refractivity contribution in [2.75, 3.05) is 13.7 Å². The summed E-state index contributed by atoms with van der Waals surface area (Å²) in [5, 5.41) is 3.42. The summed E-state index contributed by atoms with van der Waals surface area (Å²) in [7, 11) is 1.72. The van der Waals surface area contributed by atoms with E-state index in [1.807, 2.05) is 6.20 Å². The molecule has 4 nitrogen and oxygen atoms in total. The molecule has 0 aromatic carbocycles. The second-order valence-electron chi connectivity index (χ2n) is 5.06. The Labute approximate surface area is 97.8 Å². The zero-order chi connectivity index (χ0) is 12.0. The van der Waals surface area contributed by atoms with Crippen molar-refractivity contribution in [1.29, 1.82) is 0 Å². The van der Waals surface area contributed by atoms with Crippen molar-refractivity contribution < 1.29 is 4.74 Å². The van der Waals surface area contributed by atoms with Crippen molar-refractivity contribution in [2.45, 2.75) is 45.7 Å². The van der Waals surface area contributed by atoms with Gasteiger partial charge in [-0.15, -0.1) is 0 Å². The third-order valence-corrected chi connectivity index (χ3v) is 2.25. The van der Waals surface area contributed by atoms with Crippen LogP contribution in [0.2, 0.25) is 0 Å². The maximum atomic E-state index is 5.01. The number of methoxy groups -OCH3 is 1. The van der Waals surface area contributed by atoms with Gasteiger partial charge in [0.05, 0.1) is 0 Å². The average Bonchev–Trinajstić information content (AvgIpc) is 2.62. The number of nitrogens with zero attached hydrogens (tertiary/aromatic N) is 1. The number of rotatable bonds is 6. The molecule has 0 amide bonds. The zero-order valence-corrected chi connectivity index (χ0v) is 10.8. The number of aromatic nitrogens is 2. The summed E-state index contributed by atoms with van der Waals surface area (Å²) in [6.07, 6.45) is 3.86. The lowest BCUT2D eigenvalue weighted by molar-refractivity contribution is 0.194. The molecular formula is C12H23N3O. The highest BCUT2D eigenvalue weighted by molar-refractivity contribution is 5.01. The molecule has 0 spiro atoms. The lowest BCUT2D eigenvalue weighted by Gasteiger charge is -2.19. The average molecular weight is 225 g/mol. The lowest BCUT2D eigenvalue weighted by Crippen LogP contribution is -2.35. The molecule has 4 heteroatoms. The van der Waals surface area contributed by atoms with Crippen LogP contribution in [-0.4, -0.2) is 29.2 Å². The van der Waals surface area contributed by atoms with Gasteiger partial charge in [0, 0.05) is 44.1 Å². The van der Waals surface area contributed by atoms with Crippen molar-refractivity contribution in [3.8, 4) is 0 Å². The third-order valence-electron chi connectivity index (χ3n) is 2.25. The van der Waals surface area contributed by atoms with Gasteiger partial charge in [-0.1, -0.05) is 0 Å². The summed E-state index contributed by atoms with van der Waals surface area (Å²) in [6.45, 7) is 8.09. The molecule has 1 rings (SSSR count). The van der Waals surface area contributed by atoms with Crippen molar-refractivity contribution in [1.82, 2.24) is 15.3 Å². The van der Waals surface area contributed by atoms with Gasteiger partial charge in [0.1, 0.15) is 5.82 Å². The normalized spacial score (nSPS) is 12.0. The molecule has 16 heavy (non-hydrogen) atoms. The van der Waals surface area contributed by atoms with Crippen LogP contribution in [0.3, 0.4) is 0 Å². The van der Waals surface area contributed by atoms with Gasteiger partial charge in [0.25, 0.3) is 0 Å². The molecule has 0 aliphatic rings. The number of hydrogen-bond acceptors (Lipinski definition) is 3. The van der Waals surface area contributed by atoms with Crippen molar-refractivity contribution in [2.24, 2.45) is 0 Å². The first-order valence-electron chi connectivity index (χ1n) is 5.78. The minimum Gasteiger partial charge on any atom is -0.385 e. The fourth-order valence-electron chi connectivity index (χ4n) is 1.37. The van der Waals surface area contributed by atoms with Gasteiger partial charge in [-0.2, -0.15) is 0 Å². The Morgan fingerprint density at radius 3 is 2.81 bits per heavy atom. The van der Waals surface area contributed by atoms with E-state index in [0.717, 1.165) is 37.5 Å². The fourth-order valence-corrected chi connectivity index (χ4v) is 1.37. The first-order valence-corrected chi connectivity index (χ1v) is 5.78. The van der Waals surface area contributed by atoms with Crippen molar-refractivity contribution in [3.05, 3.63) is 17.7 Å². The Bertz CT molecular complexity index is 301. The SMILES string of the molecule is COCCCc1ncc(CNC(C)(C)C)[nH]1. The summed E-state index contributed by atoms with van der Waals surface area (Å²) in [4.78, 5) is 7.65. The van der Waals surface area contributed by atoms with Gasteiger partial charge in [-0.3, -0.25) is 0 Å². The van der Waals surface area contributed by atoms with Crippen LogP contribution in [0, 0.1) is 0 Å². The molecule has 0 saturated carbocycles. The Morgan fingerprint density at radius 1 is 1.44 bits per heavy atom. The summed E-state index contributed by atoms with van der Waals surface area (Å²) in [5.74, 6) is 1.04. The van der Waals surface area contributed by atoms with E-state index in [9.17, 15) is 0 Å². The molecule has 0 aliphatic heterocycles. The monoisotopic (exact) mass is 225 g/mol. The van der Waals surface area contributed by atoms with E-state index >= 15 is 0 Å². The van der Waals surface area contributed by atoms with E-state index < -0.39 is 0 Å². The number of imidazole rings is 1. The number of aromatic amines is 1. The second-order valence-corrected chi connectivity index (χ2v) is 5.06. The summed E-state index contributed by atoms with van der Waals surface area (Å²) < 4.78 is 5.01. The number of H-pyrrole nitrogens is 1. The van der Waals surface area contributed by atoms with Crippen LogP contribution in [-0.2, 0) is 17.7 Å². The summed E-state index contributed by atoms with van der Waals surface area (Å²) >= 11 is 0. The predicted octanol–water partition coefficient (Wildman–Crippen LogP) is 1.88. The maximum absolute atomic E-state index is 5.01. The van der Waals surface area contributed by atoms with E-state index in [1.165, 1.54) is 0 Å². The molecule has 1 heterocycles. The molecule has 0 atom stereocenters. The van der Waals surface area contributed by atoms with Crippen LogP contribution in [0.4, 0.5) is 0 Å². The smallest absolute Gasteiger partial charge is 0.106 e. The molecule has 1 aromatic heterocycles. The van der Waals surface area contributed by atoms with Gasteiger partial charge in [0.15, 0.2) is 0 Å². The Hall–Kier alpha value is -0.870. The predicted molar refractivity (Wildman–Crippen MR) is 65.4 cm³/mol. The molecular weight excluding hydrogens is 202 g/mol. The highest BCUT2D eigenvalue weighted by Crippen LogP contribution is 2.04. The van der Waals surface area contributed by atoms with Crippen LogP contribution in [0.1, 0.15) is 38.7 Å². The van der Waals surface area contributed by atoms with E-state index in [4.69, 9.17) is 4.74 Å². The highest BCUT2D eigenvalue weighted by Gasteiger charge is 2.09. The Morgan fingerprint density at radius 2 is 2.19 bits per heavy atom. The molecule has 0 fully saturated rings. The van der Waals surface area contributed by atoms with Gasteiger partial charge in [-0.25, -0.2) is 4.98 Å². The third kappa shape index (κ3) is 5.28. The highest BCUT2D eigenvalue weighted by atomic mass is 16.5. The van der Waals surface area contributed by atoms with Crippen molar-refractivity contribution in [3.63, 3.8) is 0 Å². The molecule has 1 aromatic rings. The second kappa shape index (κ2) is 6.01. The van der Waals surface area contributed by atoms with Gasteiger partial charge in [-0.05, 0) is 27.2 Å². The Kier molecular flexibility index (Phi) is 4.96. The van der Waals surface area contributed by atoms with Crippen molar-refractivity contribution >= 4 is 0 Å². The van der Waals surface area contributed by atoms with Crippen LogP contribution < -0.4 is 5.32 Å². The first-order chi connectivity index (χ1) is 7.51. The topological polar surface area (TPSA) is 49.9 Å². The molecule has 0 unspecified atom stereocenters. The maximum Gasteiger partial charge on any atom is 0.106 e. The standard InChI is InChI=1S/C12H23N3O/c1-12(2,3)14-9-10-8-13-11(15-10)6-5-7-16-4/h8,14H,5-7,9H2,1-4H3,(H,13,15). The molecule has 0 bridgehead atoms. The van der Waals surface area contributed by atoms with Gasteiger partial charge in [0.2, 0.25) is 0 Å². The van der Waals surface area contributed by atoms with E-state index in [1.54, 1.807) is 7.11 Å². The molecule has 92 valence electrons. The van der Waals surface area contributed by atoms with Gasteiger partial charge < -0.3 is 15.0 Å². The molecule has 0 aliphatic carbocycles. The van der Waals surface area contributed by atoms with E-state index in [0.29, 0.717) is 0 Å². The zero-order valence-electron chi connectivity index (χ0n) is 10.8. The summed E-state index contributed by atoms with van der Waals surface area (Å²) in [6, 6.07) is 0.